The highest BCUT2D eigenvalue weighted by Gasteiger charge is 2.34. The van der Waals surface area contributed by atoms with Crippen LogP contribution in [0, 0.1) is 16.0 Å². The molecule has 2 aromatic heterocycles. The fourth-order valence-electron chi connectivity index (χ4n) is 8.64. The second-order valence-electron chi connectivity index (χ2n) is 15.8. The summed E-state index contributed by atoms with van der Waals surface area (Å²) >= 11 is 0. The van der Waals surface area contributed by atoms with Gasteiger partial charge in [0.25, 0.3) is 21.6 Å². The highest BCUT2D eigenvalue weighted by molar-refractivity contribution is 7.90. The van der Waals surface area contributed by atoms with Crippen LogP contribution in [0.3, 0.4) is 0 Å². The van der Waals surface area contributed by atoms with Crippen LogP contribution in [0.2, 0.25) is 0 Å². The zero-order valence-corrected chi connectivity index (χ0v) is 33.3. The number of hydrogen-bond donors (Lipinski definition) is 3. The van der Waals surface area contributed by atoms with Crippen molar-refractivity contribution in [2.45, 2.75) is 67.8 Å². The Kier molecular flexibility index (Phi) is 10.8. The van der Waals surface area contributed by atoms with Gasteiger partial charge in [-0.2, -0.15) is 0 Å². The lowest BCUT2D eigenvalue weighted by atomic mass is 9.88. The standard InChI is InChI=1S/C45H46N6O7S/c52-45(49-59(55,56)36-14-16-40(42(26-36)51(53)54)47-27-29-18-22-57-23-19-29)39-15-11-32(25-43(39)58-35-24-33-17-20-46-44(33)48-28-35)30-9-12-34(13-10-30)50-21-3-6-41(50)38-5-2-1-4-37(38)31-7-8-31/h1-6,9,11,14-17,20,24-26,28-29,31,34,41,47H,7-8,10,12-13,18-19,21-23,27H2,(H,46,48)(H,49,52). The van der Waals surface area contributed by atoms with Crippen molar-refractivity contribution in [1.82, 2.24) is 19.6 Å². The molecule has 0 spiro atoms. The number of nitrogens with zero attached hydrogens (tertiary/aromatic N) is 3. The number of nitro benzene ring substituents is 1. The molecular weight excluding hydrogens is 769 g/mol. The minimum Gasteiger partial charge on any atom is -0.455 e. The number of anilines is 1. The summed E-state index contributed by atoms with van der Waals surface area (Å²) in [4.78, 5) is 35.0. The zero-order valence-electron chi connectivity index (χ0n) is 32.5. The Labute approximate surface area is 342 Å². The Bertz CT molecular complexity index is 2580. The number of amides is 1. The van der Waals surface area contributed by atoms with Crippen LogP contribution in [-0.2, 0) is 14.8 Å². The third kappa shape index (κ3) is 8.38. The van der Waals surface area contributed by atoms with E-state index in [9.17, 15) is 23.3 Å². The predicted molar refractivity (Wildman–Crippen MR) is 225 cm³/mol. The SMILES string of the molecule is O=C(NS(=O)(=O)c1ccc(NCC2CCOCC2)c([N+](=O)[O-])c1)c1ccc(C2=CCC(N3CC=CC3c3ccccc3C3CC3)CC2)cc1Oc1cnc2[nH]ccc2c1. The first-order valence-electron chi connectivity index (χ1n) is 20.3. The minimum absolute atomic E-state index is 0.0228. The van der Waals surface area contributed by atoms with Gasteiger partial charge in [-0.25, -0.2) is 18.1 Å². The number of H-pyrrole nitrogens is 1. The van der Waals surface area contributed by atoms with E-state index in [1.807, 2.05) is 12.1 Å². The molecule has 2 aliphatic carbocycles. The molecule has 3 N–H and O–H groups in total. The summed E-state index contributed by atoms with van der Waals surface area (Å²) in [5.74, 6) is 0.519. The number of nitro groups is 1. The van der Waals surface area contributed by atoms with Crippen LogP contribution in [0.1, 0.15) is 84.0 Å². The first-order chi connectivity index (χ1) is 28.7. The Morgan fingerprint density at radius 3 is 2.61 bits per heavy atom. The molecule has 1 saturated heterocycles. The topological polar surface area (TPSA) is 169 Å². The molecule has 9 rings (SSSR count). The first kappa shape index (κ1) is 38.7. The molecule has 304 valence electrons. The maximum atomic E-state index is 13.9. The molecule has 4 aliphatic rings. The maximum absolute atomic E-state index is 13.9. The van der Waals surface area contributed by atoms with Crippen LogP contribution in [-0.4, -0.2) is 66.5 Å². The zero-order chi connectivity index (χ0) is 40.5. The summed E-state index contributed by atoms with van der Waals surface area (Å²) in [5, 5.41) is 16.0. The van der Waals surface area contributed by atoms with E-state index in [1.165, 1.54) is 42.3 Å². The van der Waals surface area contributed by atoms with Gasteiger partial charge in [0.05, 0.1) is 27.6 Å². The number of aromatic nitrogens is 2. The molecule has 5 aromatic rings. The number of benzene rings is 3. The van der Waals surface area contributed by atoms with E-state index in [1.54, 1.807) is 24.4 Å². The normalized spacial score (nSPS) is 20.0. The molecule has 0 bridgehead atoms. The van der Waals surface area contributed by atoms with Gasteiger partial charge in [-0.15, -0.1) is 0 Å². The summed E-state index contributed by atoms with van der Waals surface area (Å²) in [7, 11) is -4.54. The highest BCUT2D eigenvalue weighted by Crippen LogP contribution is 2.46. The van der Waals surface area contributed by atoms with Gasteiger partial charge in [-0.05, 0) is 115 Å². The Balaban J connectivity index is 0.955. The average Bonchev–Trinajstić information content (AvgIpc) is 3.79. The van der Waals surface area contributed by atoms with Crippen LogP contribution in [0.15, 0.2) is 108 Å². The molecule has 14 heteroatoms. The van der Waals surface area contributed by atoms with Crippen molar-refractivity contribution in [2.24, 2.45) is 5.92 Å². The summed E-state index contributed by atoms with van der Waals surface area (Å²) in [6.45, 7) is 2.66. The van der Waals surface area contributed by atoms with Crippen LogP contribution in [0.5, 0.6) is 11.5 Å². The van der Waals surface area contributed by atoms with Gasteiger partial charge >= 0.3 is 0 Å². The molecule has 2 aliphatic heterocycles. The van der Waals surface area contributed by atoms with Crippen molar-refractivity contribution < 1.29 is 27.6 Å². The molecule has 0 radical (unpaired) electrons. The Morgan fingerprint density at radius 2 is 1.83 bits per heavy atom. The van der Waals surface area contributed by atoms with E-state index in [4.69, 9.17) is 9.47 Å². The van der Waals surface area contributed by atoms with Crippen molar-refractivity contribution in [1.29, 1.82) is 0 Å². The molecule has 1 amide bonds. The largest absolute Gasteiger partial charge is 0.455 e. The van der Waals surface area contributed by atoms with Gasteiger partial charge < -0.3 is 19.8 Å². The van der Waals surface area contributed by atoms with Gasteiger partial charge in [0, 0.05) is 50.0 Å². The number of pyridine rings is 1. The van der Waals surface area contributed by atoms with Crippen molar-refractivity contribution in [3.8, 4) is 11.5 Å². The number of fused-ring (bicyclic) bond motifs is 1. The van der Waals surface area contributed by atoms with Crippen LogP contribution in [0.25, 0.3) is 16.6 Å². The molecule has 2 atom stereocenters. The molecule has 2 unspecified atom stereocenters. The smallest absolute Gasteiger partial charge is 0.293 e. The molecule has 13 nitrogen and oxygen atoms in total. The second kappa shape index (κ2) is 16.4. The number of carbonyl (C=O) groups excluding carboxylic acids is 1. The van der Waals surface area contributed by atoms with Gasteiger partial charge in [-0.1, -0.05) is 48.6 Å². The van der Waals surface area contributed by atoms with Crippen molar-refractivity contribution >= 4 is 43.9 Å². The number of aromatic amines is 1. The predicted octanol–water partition coefficient (Wildman–Crippen LogP) is 8.65. The Hall–Kier alpha value is -5.83. The molecule has 59 heavy (non-hydrogen) atoms. The summed E-state index contributed by atoms with van der Waals surface area (Å²) in [6, 6.07) is 21.9. The van der Waals surface area contributed by atoms with Gasteiger partial charge in [0.1, 0.15) is 22.8 Å². The van der Waals surface area contributed by atoms with Crippen molar-refractivity contribution in [3.05, 3.63) is 136 Å². The second-order valence-corrected chi connectivity index (χ2v) is 17.5. The summed E-state index contributed by atoms with van der Waals surface area (Å²) in [6.07, 6.45) is 17.0. The number of nitrogens with one attached hydrogen (secondary N) is 3. The van der Waals surface area contributed by atoms with Gasteiger partial charge in [-0.3, -0.25) is 19.8 Å². The molecular formula is C45H46N6O7S. The fraction of sp³-hybridized carbons (Fsp3) is 0.333. The van der Waals surface area contributed by atoms with E-state index in [0.717, 1.165) is 61.2 Å². The lowest BCUT2D eigenvalue weighted by Crippen LogP contribution is -2.36. The van der Waals surface area contributed by atoms with E-state index in [-0.39, 0.29) is 29.0 Å². The monoisotopic (exact) mass is 814 g/mol. The van der Waals surface area contributed by atoms with E-state index < -0.39 is 31.4 Å². The number of allylic oxidation sites excluding steroid dienone is 1. The molecule has 4 heterocycles. The summed E-state index contributed by atoms with van der Waals surface area (Å²) in [5.41, 5.74) is 5.31. The molecule has 3 aromatic carbocycles. The van der Waals surface area contributed by atoms with Crippen molar-refractivity contribution in [2.75, 3.05) is 31.6 Å². The first-order valence-corrected chi connectivity index (χ1v) is 21.8. The van der Waals surface area contributed by atoms with E-state index in [0.29, 0.717) is 43.1 Å². The van der Waals surface area contributed by atoms with Crippen LogP contribution >= 0.6 is 0 Å². The number of carbonyl (C=O) groups is 1. The Morgan fingerprint density at radius 1 is 1.00 bits per heavy atom. The van der Waals surface area contributed by atoms with Crippen LogP contribution in [0.4, 0.5) is 11.4 Å². The number of ether oxygens (including phenoxy) is 2. The number of sulfonamides is 1. The van der Waals surface area contributed by atoms with Crippen molar-refractivity contribution in [3.63, 3.8) is 0 Å². The lowest BCUT2D eigenvalue weighted by molar-refractivity contribution is -0.384. The number of rotatable bonds is 13. The third-order valence-corrected chi connectivity index (χ3v) is 13.3. The fourth-order valence-corrected chi connectivity index (χ4v) is 9.63. The van der Waals surface area contributed by atoms with Gasteiger partial charge in [0.15, 0.2) is 0 Å². The average molecular weight is 815 g/mol. The maximum Gasteiger partial charge on any atom is 0.293 e. The van der Waals surface area contributed by atoms with Gasteiger partial charge in [0.2, 0.25) is 0 Å². The third-order valence-electron chi connectivity index (χ3n) is 12.0. The lowest BCUT2D eigenvalue weighted by Gasteiger charge is -2.36. The molecule has 1 saturated carbocycles. The summed E-state index contributed by atoms with van der Waals surface area (Å²) < 4.78 is 41.2. The molecule has 2 fully saturated rings. The van der Waals surface area contributed by atoms with Crippen LogP contribution < -0.4 is 14.8 Å². The quantitative estimate of drug-likeness (QED) is 0.0594. The minimum atomic E-state index is -4.54. The highest BCUT2D eigenvalue weighted by atomic mass is 32.2. The van der Waals surface area contributed by atoms with E-state index in [2.05, 4.69) is 67.4 Å². The number of hydrogen-bond acceptors (Lipinski definition) is 10. The van der Waals surface area contributed by atoms with E-state index >= 15 is 0 Å².